The number of halogens is 2. The van der Waals surface area contributed by atoms with Gasteiger partial charge in [0, 0.05) is 0 Å². The molecule has 1 saturated carbocycles. The summed E-state index contributed by atoms with van der Waals surface area (Å²) < 4.78 is 6.57. The lowest BCUT2D eigenvalue weighted by Gasteiger charge is -2.13. The van der Waals surface area contributed by atoms with Crippen molar-refractivity contribution in [3.63, 3.8) is 0 Å². The Morgan fingerprint density at radius 3 is 2.39 bits per heavy atom. The fourth-order valence-electron chi connectivity index (χ4n) is 4.76. The normalized spacial score (nSPS) is 26.4. The van der Waals surface area contributed by atoms with Gasteiger partial charge < -0.3 is 4.74 Å². The molecule has 2 aliphatic carbocycles. The van der Waals surface area contributed by atoms with Crippen LogP contribution in [0.15, 0.2) is 58.1 Å². The highest BCUT2D eigenvalue weighted by Crippen LogP contribution is 2.52. The number of carbonyl (C=O) groups is 2. The Hall–Kier alpha value is -2.44. The first kappa shape index (κ1) is 20.5. The average Bonchev–Trinajstić information content (AvgIpc) is 3.42. The topological polar surface area (TPSA) is 59.0 Å². The summed E-state index contributed by atoms with van der Waals surface area (Å²) in [6, 6.07) is 11.6. The van der Waals surface area contributed by atoms with E-state index in [-0.39, 0.29) is 35.5 Å². The molecule has 1 aliphatic heterocycles. The summed E-state index contributed by atoms with van der Waals surface area (Å²) >= 11 is 9.93. The van der Waals surface area contributed by atoms with Gasteiger partial charge in [0.2, 0.25) is 0 Å². The summed E-state index contributed by atoms with van der Waals surface area (Å²) in [6.07, 6.45) is 6.52. The van der Waals surface area contributed by atoms with Crippen molar-refractivity contribution in [3.8, 4) is 5.75 Å². The first-order valence-corrected chi connectivity index (χ1v) is 11.4. The lowest BCUT2D eigenvalue weighted by molar-refractivity contribution is -0.140. The second-order valence-electron chi connectivity index (χ2n) is 8.32. The SMILES string of the molecule is Cc1ccc(COc2c(Cl)cc(C=NN3C(=O)[C@@H]4[C@H](C3=O)[C@H]3C=C[C@H]4C3)cc2Br)cc1. The van der Waals surface area contributed by atoms with Crippen molar-refractivity contribution in [2.75, 3.05) is 0 Å². The van der Waals surface area contributed by atoms with Gasteiger partial charge in [0.1, 0.15) is 6.61 Å². The summed E-state index contributed by atoms with van der Waals surface area (Å²) in [6.45, 7) is 2.43. The second kappa shape index (κ2) is 7.92. The smallest absolute Gasteiger partial charge is 0.254 e. The molecule has 0 spiro atoms. The number of allylic oxidation sites excluding steroid dienone is 2. The number of benzene rings is 2. The number of nitrogens with zero attached hydrogens (tertiary/aromatic N) is 2. The van der Waals surface area contributed by atoms with Crippen LogP contribution in [0.25, 0.3) is 0 Å². The third-order valence-electron chi connectivity index (χ3n) is 6.29. The molecule has 2 amide bonds. The Kier molecular flexibility index (Phi) is 5.22. The van der Waals surface area contributed by atoms with Crippen LogP contribution < -0.4 is 4.74 Å². The van der Waals surface area contributed by atoms with E-state index in [1.54, 1.807) is 12.1 Å². The van der Waals surface area contributed by atoms with Crippen LogP contribution in [0.1, 0.15) is 23.1 Å². The predicted molar refractivity (Wildman–Crippen MR) is 122 cm³/mol. The molecule has 5 rings (SSSR count). The molecule has 1 heterocycles. The number of fused-ring (bicyclic) bond motifs is 5. The number of ether oxygens (including phenoxy) is 1. The highest BCUT2D eigenvalue weighted by molar-refractivity contribution is 9.10. The molecule has 4 atom stereocenters. The van der Waals surface area contributed by atoms with Gasteiger partial charge in [-0.15, -0.1) is 0 Å². The van der Waals surface area contributed by atoms with Gasteiger partial charge in [-0.3, -0.25) is 9.59 Å². The standard InChI is InChI=1S/C24H20BrClN2O3/c1-13-2-4-14(5-3-13)12-31-22-18(25)8-15(9-19(22)26)11-27-28-23(29)20-16-6-7-17(10-16)21(20)24(28)30/h2-9,11,16-17,20-21H,10,12H2,1H3/t16-,17-,20-,21+/m0/s1. The van der Waals surface area contributed by atoms with Crippen molar-refractivity contribution in [1.29, 1.82) is 0 Å². The minimum atomic E-state index is -0.257. The molecule has 2 fully saturated rings. The first-order chi connectivity index (χ1) is 14.9. The minimum Gasteiger partial charge on any atom is -0.486 e. The monoisotopic (exact) mass is 498 g/mol. The number of imide groups is 1. The Morgan fingerprint density at radius 1 is 1.13 bits per heavy atom. The van der Waals surface area contributed by atoms with Crippen LogP contribution in [-0.4, -0.2) is 23.0 Å². The fraction of sp³-hybridized carbons (Fsp3) is 0.292. The van der Waals surface area contributed by atoms with Gasteiger partial charge in [-0.1, -0.05) is 53.6 Å². The van der Waals surface area contributed by atoms with Crippen LogP contribution in [-0.2, 0) is 16.2 Å². The highest BCUT2D eigenvalue weighted by Gasteiger charge is 2.59. The van der Waals surface area contributed by atoms with E-state index in [2.05, 4.69) is 33.2 Å². The molecular formula is C24H20BrClN2O3. The number of aryl methyl sites for hydroxylation is 1. The molecule has 7 heteroatoms. The van der Waals surface area contributed by atoms with Gasteiger partial charge in [0.05, 0.1) is 27.5 Å². The van der Waals surface area contributed by atoms with E-state index in [0.29, 0.717) is 27.4 Å². The molecule has 158 valence electrons. The molecule has 0 radical (unpaired) electrons. The van der Waals surface area contributed by atoms with Crippen molar-refractivity contribution in [2.45, 2.75) is 20.0 Å². The van der Waals surface area contributed by atoms with E-state index in [1.165, 1.54) is 11.8 Å². The molecule has 0 unspecified atom stereocenters. The molecule has 2 aromatic carbocycles. The van der Waals surface area contributed by atoms with Gasteiger partial charge in [-0.2, -0.15) is 10.1 Å². The molecular weight excluding hydrogens is 480 g/mol. The van der Waals surface area contributed by atoms with Crippen molar-refractivity contribution in [1.82, 2.24) is 5.01 Å². The summed E-state index contributed by atoms with van der Waals surface area (Å²) in [5.41, 5.74) is 2.90. The van der Waals surface area contributed by atoms with E-state index in [0.717, 1.165) is 17.0 Å². The predicted octanol–water partition coefficient (Wildman–Crippen LogP) is 5.13. The van der Waals surface area contributed by atoms with E-state index in [9.17, 15) is 9.59 Å². The average molecular weight is 500 g/mol. The van der Waals surface area contributed by atoms with Crippen LogP contribution >= 0.6 is 27.5 Å². The zero-order valence-electron chi connectivity index (χ0n) is 16.8. The minimum absolute atomic E-state index is 0.167. The highest BCUT2D eigenvalue weighted by atomic mass is 79.9. The molecule has 2 aromatic rings. The fourth-order valence-corrected chi connectivity index (χ4v) is 5.75. The van der Waals surface area contributed by atoms with Crippen molar-refractivity contribution < 1.29 is 14.3 Å². The lowest BCUT2D eigenvalue weighted by Crippen LogP contribution is -2.28. The van der Waals surface area contributed by atoms with Crippen molar-refractivity contribution in [2.24, 2.45) is 28.8 Å². The number of hydrazone groups is 1. The van der Waals surface area contributed by atoms with Crippen molar-refractivity contribution >= 4 is 45.6 Å². The number of hydrogen-bond acceptors (Lipinski definition) is 4. The third kappa shape index (κ3) is 3.62. The van der Waals surface area contributed by atoms with Gasteiger partial charge in [0.25, 0.3) is 11.8 Å². The zero-order valence-corrected chi connectivity index (χ0v) is 19.1. The molecule has 2 bridgehead atoms. The quantitative estimate of drug-likeness (QED) is 0.325. The zero-order chi connectivity index (χ0) is 21.7. The van der Waals surface area contributed by atoms with Crippen LogP contribution in [0.5, 0.6) is 5.75 Å². The molecule has 3 aliphatic rings. The maximum atomic E-state index is 12.7. The van der Waals surface area contributed by atoms with Crippen LogP contribution in [0.4, 0.5) is 0 Å². The Labute approximate surface area is 193 Å². The summed E-state index contributed by atoms with van der Waals surface area (Å²) in [7, 11) is 0. The van der Waals surface area contributed by atoms with E-state index < -0.39 is 0 Å². The largest absolute Gasteiger partial charge is 0.486 e. The van der Waals surface area contributed by atoms with Crippen LogP contribution in [0.3, 0.4) is 0 Å². The Morgan fingerprint density at radius 2 is 1.77 bits per heavy atom. The lowest BCUT2D eigenvalue weighted by atomic mass is 9.85. The molecule has 5 nitrogen and oxygen atoms in total. The van der Waals surface area contributed by atoms with Gasteiger partial charge in [0.15, 0.2) is 5.75 Å². The maximum absolute atomic E-state index is 12.7. The van der Waals surface area contributed by atoms with Gasteiger partial charge in [-0.05, 0) is 64.4 Å². The van der Waals surface area contributed by atoms with Crippen LogP contribution in [0, 0.1) is 30.6 Å². The second-order valence-corrected chi connectivity index (χ2v) is 9.58. The van der Waals surface area contributed by atoms with E-state index in [4.69, 9.17) is 16.3 Å². The number of rotatable bonds is 5. The maximum Gasteiger partial charge on any atom is 0.254 e. The molecule has 31 heavy (non-hydrogen) atoms. The van der Waals surface area contributed by atoms with E-state index >= 15 is 0 Å². The summed E-state index contributed by atoms with van der Waals surface area (Å²) in [5, 5.41) is 5.66. The Bertz CT molecular complexity index is 1080. The molecule has 1 saturated heterocycles. The van der Waals surface area contributed by atoms with Gasteiger partial charge >= 0.3 is 0 Å². The summed E-state index contributed by atoms with van der Waals surface area (Å²) in [5.74, 6) is -0.0528. The number of amides is 2. The summed E-state index contributed by atoms with van der Waals surface area (Å²) in [4.78, 5) is 25.5. The molecule has 0 N–H and O–H groups in total. The van der Waals surface area contributed by atoms with Crippen molar-refractivity contribution in [3.05, 3.63) is 74.7 Å². The van der Waals surface area contributed by atoms with E-state index in [1.807, 2.05) is 31.2 Å². The molecule has 0 aromatic heterocycles. The Balaban J connectivity index is 1.30. The number of carbonyl (C=O) groups excluding carboxylic acids is 2. The third-order valence-corrected chi connectivity index (χ3v) is 7.16. The number of hydrogen-bond donors (Lipinski definition) is 0. The van der Waals surface area contributed by atoms with Gasteiger partial charge in [-0.25, -0.2) is 0 Å². The van der Waals surface area contributed by atoms with Crippen LogP contribution in [0.2, 0.25) is 5.02 Å². The first-order valence-electron chi connectivity index (χ1n) is 10.2.